The first-order valence-electron chi connectivity index (χ1n) is 9.57. The average molecular weight is 415 g/mol. The van der Waals surface area contributed by atoms with Gasteiger partial charge in [0.15, 0.2) is 18.1 Å². The topological polar surface area (TPSA) is 89.1 Å². The van der Waals surface area contributed by atoms with Gasteiger partial charge >= 0.3 is 0 Å². The number of amides is 2. The third kappa shape index (κ3) is 7.20. The summed E-state index contributed by atoms with van der Waals surface area (Å²) in [5.74, 6) is 1.65. The molecular formula is C22H29N3O5. The zero-order chi connectivity index (χ0) is 21.9. The van der Waals surface area contributed by atoms with E-state index in [0.29, 0.717) is 30.2 Å². The van der Waals surface area contributed by atoms with Crippen LogP contribution in [0.4, 0.5) is 5.69 Å². The van der Waals surface area contributed by atoms with E-state index in [1.165, 1.54) is 4.90 Å². The number of benzene rings is 2. The first kappa shape index (κ1) is 22.9. The fourth-order valence-corrected chi connectivity index (χ4v) is 2.60. The number of carbonyl (C=O) groups is 2. The Morgan fingerprint density at radius 2 is 1.77 bits per heavy atom. The van der Waals surface area contributed by atoms with Gasteiger partial charge in [-0.2, -0.15) is 0 Å². The first-order valence-corrected chi connectivity index (χ1v) is 9.57. The number of nitrogens with zero attached hydrogens (tertiary/aromatic N) is 1. The van der Waals surface area contributed by atoms with E-state index in [2.05, 4.69) is 10.6 Å². The molecule has 0 fully saturated rings. The Morgan fingerprint density at radius 3 is 2.47 bits per heavy atom. The molecule has 8 heteroatoms. The highest BCUT2D eigenvalue weighted by molar-refractivity contribution is 5.80. The summed E-state index contributed by atoms with van der Waals surface area (Å²) in [7, 11) is 6.53. The lowest BCUT2D eigenvalue weighted by Crippen LogP contribution is -2.31. The molecule has 0 saturated carbocycles. The van der Waals surface area contributed by atoms with Crippen LogP contribution >= 0.6 is 0 Å². The van der Waals surface area contributed by atoms with Gasteiger partial charge in [-0.3, -0.25) is 9.59 Å². The molecule has 0 aliphatic rings. The van der Waals surface area contributed by atoms with Gasteiger partial charge in [-0.1, -0.05) is 12.1 Å². The van der Waals surface area contributed by atoms with E-state index in [-0.39, 0.29) is 25.0 Å². The van der Waals surface area contributed by atoms with Crippen molar-refractivity contribution >= 4 is 17.5 Å². The maximum Gasteiger partial charge on any atom is 0.259 e. The second-order valence-corrected chi connectivity index (χ2v) is 6.75. The maximum absolute atomic E-state index is 12.1. The Hall–Kier alpha value is -3.42. The SMILES string of the molecule is COc1ccc(CCNC(=O)CNc2cccc(OCC(=O)N(C)C)c2)cc1OC. The van der Waals surface area contributed by atoms with Crippen LogP contribution in [-0.4, -0.2) is 64.7 Å². The molecule has 0 atom stereocenters. The van der Waals surface area contributed by atoms with Crippen molar-refractivity contribution in [2.45, 2.75) is 6.42 Å². The maximum atomic E-state index is 12.1. The summed E-state index contributed by atoms with van der Waals surface area (Å²) >= 11 is 0. The zero-order valence-electron chi connectivity index (χ0n) is 17.9. The van der Waals surface area contributed by atoms with Crippen molar-refractivity contribution in [3.8, 4) is 17.2 Å². The van der Waals surface area contributed by atoms with Crippen LogP contribution in [0.3, 0.4) is 0 Å². The Morgan fingerprint density at radius 1 is 1.00 bits per heavy atom. The van der Waals surface area contributed by atoms with Gasteiger partial charge in [0, 0.05) is 32.4 Å². The number of methoxy groups -OCH3 is 2. The summed E-state index contributed by atoms with van der Waals surface area (Å²) in [6.45, 7) is 0.602. The molecule has 2 N–H and O–H groups in total. The Bertz CT molecular complexity index is 854. The van der Waals surface area contributed by atoms with Crippen LogP contribution in [0.2, 0.25) is 0 Å². The number of ether oxygens (including phenoxy) is 3. The summed E-state index contributed by atoms with van der Waals surface area (Å²) < 4.78 is 16.0. The first-order chi connectivity index (χ1) is 14.4. The summed E-state index contributed by atoms with van der Waals surface area (Å²) in [5, 5.41) is 5.93. The van der Waals surface area contributed by atoms with Crippen LogP contribution < -0.4 is 24.8 Å². The highest BCUT2D eigenvalue weighted by Crippen LogP contribution is 2.27. The number of hydrogen-bond donors (Lipinski definition) is 2. The molecule has 0 unspecified atom stereocenters. The number of anilines is 1. The molecule has 0 aliphatic heterocycles. The fraction of sp³-hybridized carbons (Fsp3) is 0.364. The second-order valence-electron chi connectivity index (χ2n) is 6.75. The highest BCUT2D eigenvalue weighted by Gasteiger charge is 2.07. The third-order valence-corrected chi connectivity index (χ3v) is 4.33. The molecule has 0 heterocycles. The predicted octanol–water partition coefficient (Wildman–Crippen LogP) is 1.94. The van der Waals surface area contributed by atoms with Crippen LogP contribution in [0.1, 0.15) is 5.56 Å². The van der Waals surface area contributed by atoms with Crippen molar-refractivity contribution in [3.05, 3.63) is 48.0 Å². The van der Waals surface area contributed by atoms with E-state index in [1.54, 1.807) is 46.5 Å². The lowest BCUT2D eigenvalue weighted by Gasteiger charge is -2.13. The minimum atomic E-state index is -0.123. The summed E-state index contributed by atoms with van der Waals surface area (Å²) in [6.07, 6.45) is 0.676. The normalized spacial score (nSPS) is 10.1. The number of nitrogens with one attached hydrogen (secondary N) is 2. The molecule has 162 valence electrons. The van der Waals surface area contributed by atoms with Crippen LogP contribution in [0.25, 0.3) is 0 Å². The van der Waals surface area contributed by atoms with Crippen molar-refractivity contribution in [1.82, 2.24) is 10.2 Å². The standard InChI is InChI=1S/C22H29N3O5/c1-25(2)22(27)15-30-18-7-5-6-17(13-18)24-14-21(26)23-11-10-16-8-9-19(28-3)20(12-16)29-4/h5-9,12-13,24H,10-11,14-15H2,1-4H3,(H,23,26). The van der Waals surface area contributed by atoms with E-state index in [0.717, 1.165) is 11.3 Å². The monoisotopic (exact) mass is 415 g/mol. The molecule has 0 radical (unpaired) electrons. The van der Waals surface area contributed by atoms with E-state index >= 15 is 0 Å². The largest absolute Gasteiger partial charge is 0.493 e. The van der Waals surface area contributed by atoms with E-state index in [9.17, 15) is 9.59 Å². The van der Waals surface area contributed by atoms with Crippen molar-refractivity contribution in [2.75, 3.05) is 53.3 Å². The summed E-state index contributed by atoms with van der Waals surface area (Å²) in [6, 6.07) is 12.8. The molecule has 30 heavy (non-hydrogen) atoms. The van der Waals surface area contributed by atoms with Crippen molar-refractivity contribution in [1.29, 1.82) is 0 Å². The Balaban J connectivity index is 1.76. The van der Waals surface area contributed by atoms with Gasteiger partial charge in [-0.15, -0.1) is 0 Å². The molecule has 0 spiro atoms. The Labute approximate surface area is 177 Å². The molecule has 2 amide bonds. The van der Waals surface area contributed by atoms with Gasteiger partial charge in [0.1, 0.15) is 5.75 Å². The van der Waals surface area contributed by atoms with Gasteiger partial charge < -0.3 is 29.7 Å². The van der Waals surface area contributed by atoms with Gasteiger partial charge in [0.25, 0.3) is 5.91 Å². The summed E-state index contributed by atoms with van der Waals surface area (Å²) in [4.78, 5) is 25.2. The van der Waals surface area contributed by atoms with Gasteiger partial charge in [0.05, 0.1) is 20.8 Å². The lowest BCUT2D eigenvalue weighted by molar-refractivity contribution is -0.130. The zero-order valence-corrected chi connectivity index (χ0v) is 17.9. The molecule has 2 aromatic rings. The number of carbonyl (C=O) groups excluding carboxylic acids is 2. The van der Waals surface area contributed by atoms with Crippen LogP contribution in [0.5, 0.6) is 17.2 Å². The van der Waals surface area contributed by atoms with Crippen molar-refractivity contribution in [2.24, 2.45) is 0 Å². The third-order valence-electron chi connectivity index (χ3n) is 4.33. The molecule has 2 aromatic carbocycles. The molecular weight excluding hydrogens is 386 g/mol. The van der Waals surface area contributed by atoms with Crippen LogP contribution in [0, 0.1) is 0 Å². The van der Waals surface area contributed by atoms with Crippen LogP contribution in [0.15, 0.2) is 42.5 Å². The smallest absolute Gasteiger partial charge is 0.259 e. The quantitative estimate of drug-likeness (QED) is 0.583. The number of hydrogen-bond acceptors (Lipinski definition) is 6. The molecule has 0 saturated heterocycles. The second kappa shape index (κ2) is 11.5. The minimum absolute atomic E-state index is 0.0346. The minimum Gasteiger partial charge on any atom is -0.493 e. The van der Waals surface area contributed by atoms with Gasteiger partial charge in [0.2, 0.25) is 5.91 Å². The van der Waals surface area contributed by atoms with E-state index in [1.807, 2.05) is 24.3 Å². The number of rotatable bonds is 11. The van der Waals surface area contributed by atoms with Crippen LogP contribution in [-0.2, 0) is 16.0 Å². The number of likely N-dealkylation sites (N-methyl/N-ethyl adjacent to an activating group) is 1. The van der Waals surface area contributed by atoms with E-state index < -0.39 is 0 Å². The average Bonchev–Trinajstić information content (AvgIpc) is 2.76. The molecule has 8 nitrogen and oxygen atoms in total. The van der Waals surface area contributed by atoms with Gasteiger partial charge in [-0.05, 0) is 36.2 Å². The van der Waals surface area contributed by atoms with Gasteiger partial charge in [-0.25, -0.2) is 0 Å². The highest BCUT2D eigenvalue weighted by atomic mass is 16.5. The molecule has 0 aliphatic carbocycles. The predicted molar refractivity (Wildman–Crippen MR) is 115 cm³/mol. The summed E-state index contributed by atoms with van der Waals surface area (Å²) in [5.41, 5.74) is 1.78. The lowest BCUT2D eigenvalue weighted by atomic mass is 10.1. The Kier molecular flexibility index (Phi) is 8.80. The molecule has 0 bridgehead atoms. The molecule has 0 aromatic heterocycles. The van der Waals surface area contributed by atoms with Crippen molar-refractivity contribution < 1.29 is 23.8 Å². The van der Waals surface area contributed by atoms with E-state index in [4.69, 9.17) is 14.2 Å². The fourth-order valence-electron chi connectivity index (χ4n) is 2.60. The van der Waals surface area contributed by atoms with Crippen molar-refractivity contribution in [3.63, 3.8) is 0 Å². The molecule has 2 rings (SSSR count).